The number of amides is 4. The maximum absolute atomic E-state index is 12.4. The van der Waals surface area contributed by atoms with Gasteiger partial charge in [-0.3, -0.25) is 19.2 Å². The molecule has 0 fully saturated rings. The number of carboxylic acid groups (broad SMARTS) is 1. The molecule has 0 aromatic rings. The summed E-state index contributed by atoms with van der Waals surface area (Å²) in [6.45, 7) is 2.73. The normalized spacial score (nSPS) is 13.8. The third-order valence-electron chi connectivity index (χ3n) is 3.74. The van der Waals surface area contributed by atoms with Gasteiger partial charge in [0.25, 0.3) is 0 Å². The number of nitrogens with two attached hydrogens (primary N) is 2. The second-order valence-electron chi connectivity index (χ2n) is 5.82. The lowest BCUT2D eigenvalue weighted by molar-refractivity contribution is -0.144. The van der Waals surface area contributed by atoms with Crippen molar-refractivity contribution in [1.82, 2.24) is 16.0 Å². The first kappa shape index (κ1) is 23.3. The molecular formula is C15H27N5O6. The summed E-state index contributed by atoms with van der Waals surface area (Å²) < 4.78 is 0. The number of carbonyl (C=O) groups excluding carboxylic acids is 4. The fourth-order valence-corrected chi connectivity index (χ4v) is 1.99. The Kier molecular flexibility index (Phi) is 10.6. The maximum atomic E-state index is 12.4. The molecule has 26 heavy (non-hydrogen) atoms. The van der Waals surface area contributed by atoms with Crippen LogP contribution in [-0.2, 0) is 24.0 Å². The highest BCUT2D eigenvalue weighted by molar-refractivity contribution is 5.92. The molecule has 148 valence electrons. The van der Waals surface area contributed by atoms with Gasteiger partial charge < -0.3 is 32.5 Å². The molecule has 0 aliphatic rings. The molecule has 3 unspecified atom stereocenters. The molecule has 0 saturated heterocycles. The van der Waals surface area contributed by atoms with Gasteiger partial charge in [-0.15, -0.1) is 0 Å². The molecule has 0 aromatic heterocycles. The van der Waals surface area contributed by atoms with Gasteiger partial charge >= 0.3 is 5.97 Å². The first-order chi connectivity index (χ1) is 12.1. The summed E-state index contributed by atoms with van der Waals surface area (Å²) in [7, 11) is 0. The average molecular weight is 373 g/mol. The Hall–Kier alpha value is -2.69. The molecule has 0 aromatic carbocycles. The molecule has 0 aliphatic carbocycles. The van der Waals surface area contributed by atoms with E-state index in [1.54, 1.807) is 13.8 Å². The number of hydrogen-bond donors (Lipinski definition) is 6. The fourth-order valence-electron chi connectivity index (χ4n) is 1.99. The van der Waals surface area contributed by atoms with Gasteiger partial charge in [-0.1, -0.05) is 20.3 Å². The first-order valence-corrected chi connectivity index (χ1v) is 8.19. The molecule has 8 N–H and O–H groups in total. The van der Waals surface area contributed by atoms with Crippen LogP contribution < -0.4 is 27.4 Å². The van der Waals surface area contributed by atoms with Gasteiger partial charge in [-0.25, -0.2) is 4.79 Å². The summed E-state index contributed by atoms with van der Waals surface area (Å²) in [5.74, 6) is -4.22. The van der Waals surface area contributed by atoms with Crippen molar-refractivity contribution in [1.29, 1.82) is 0 Å². The highest BCUT2D eigenvalue weighted by Gasteiger charge is 2.29. The Labute approximate surface area is 151 Å². The molecule has 0 spiro atoms. The average Bonchev–Trinajstić information content (AvgIpc) is 2.59. The van der Waals surface area contributed by atoms with E-state index in [-0.39, 0.29) is 25.3 Å². The zero-order valence-electron chi connectivity index (χ0n) is 14.9. The summed E-state index contributed by atoms with van der Waals surface area (Å²) in [6.07, 6.45) is 0.222. The number of hydrogen-bond acceptors (Lipinski definition) is 6. The van der Waals surface area contributed by atoms with Crippen LogP contribution in [0.5, 0.6) is 0 Å². The SMILES string of the molecule is CCC(C)C(NC(=O)C(CCC(N)=O)NC(=O)CNC(=O)CN)C(=O)O. The number of primary amides is 1. The smallest absolute Gasteiger partial charge is 0.326 e. The highest BCUT2D eigenvalue weighted by Crippen LogP contribution is 2.09. The van der Waals surface area contributed by atoms with Crippen LogP contribution in [0, 0.1) is 5.92 Å². The van der Waals surface area contributed by atoms with E-state index in [2.05, 4.69) is 16.0 Å². The largest absolute Gasteiger partial charge is 0.480 e. The summed E-state index contributed by atoms with van der Waals surface area (Å²) in [5.41, 5.74) is 10.2. The Morgan fingerprint density at radius 1 is 1.08 bits per heavy atom. The van der Waals surface area contributed by atoms with Crippen LogP contribution in [0.4, 0.5) is 0 Å². The van der Waals surface area contributed by atoms with Crippen LogP contribution in [0.1, 0.15) is 33.1 Å². The topological polar surface area (TPSA) is 194 Å². The Morgan fingerprint density at radius 2 is 1.69 bits per heavy atom. The van der Waals surface area contributed by atoms with Crippen LogP contribution in [0.15, 0.2) is 0 Å². The lowest BCUT2D eigenvalue weighted by Crippen LogP contribution is -2.54. The van der Waals surface area contributed by atoms with E-state index >= 15 is 0 Å². The van der Waals surface area contributed by atoms with Crippen molar-refractivity contribution in [3.05, 3.63) is 0 Å². The van der Waals surface area contributed by atoms with E-state index in [0.717, 1.165) is 0 Å². The van der Waals surface area contributed by atoms with Crippen molar-refractivity contribution >= 4 is 29.6 Å². The van der Waals surface area contributed by atoms with Gasteiger partial charge in [0.15, 0.2) is 0 Å². The quantitative estimate of drug-likeness (QED) is 0.216. The van der Waals surface area contributed by atoms with Gasteiger partial charge in [0.05, 0.1) is 13.1 Å². The lowest BCUT2D eigenvalue weighted by atomic mass is 9.98. The van der Waals surface area contributed by atoms with Crippen molar-refractivity contribution in [3.63, 3.8) is 0 Å². The predicted molar refractivity (Wildman–Crippen MR) is 91.4 cm³/mol. The van der Waals surface area contributed by atoms with Crippen molar-refractivity contribution < 1.29 is 29.1 Å². The highest BCUT2D eigenvalue weighted by atomic mass is 16.4. The van der Waals surface area contributed by atoms with Crippen molar-refractivity contribution in [2.45, 2.75) is 45.2 Å². The first-order valence-electron chi connectivity index (χ1n) is 8.19. The second kappa shape index (κ2) is 11.8. The Balaban J connectivity index is 5.00. The van der Waals surface area contributed by atoms with Crippen LogP contribution in [0.2, 0.25) is 0 Å². The van der Waals surface area contributed by atoms with E-state index < -0.39 is 48.2 Å². The molecule has 11 heteroatoms. The van der Waals surface area contributed by atoms with Crippen molar-refractivity contribution in [2.75, 3.05) is 13.1 Å². The van der Waals surface area contributed by atoms with Crippen LogP contribution in [0.3, 0.4) is 0 Å². The lowest BCUT2D eigenvalue weighted by Gasteiger charge is -2.24. The zero-order chi connectivity index (χ0) is 20.3. The van der Waals surface area contributed by atoms with E-state index in [4.69, 9.17) is 11.5 Å². The molecule has 3 atom stereocenters. The van der Waals surface area contributed by atoms with E-state index in [9.17, 15) is 29.1 Å². The van der Waals surface area contributed by atoms with Gasteiger partial charge in [-0.05, 0) is 12.3 Å². The minimum absolute atomic E-state index is 0.107. The van der Waals surface area contributed by atoms with Gasteiger partial charge in [-0.2, -0.15) is 0 Å². The van der Waals surface area contributed by atoms with Crippen molar-refractivity contribution in [3.8, 4) is 0 Å². The van der Waals surface area contributed by atoms with E-state index in [1.807, 2.05) is 0 Å². The van der Waals surface area contributed by atoms with Crippen LogP contribution in [0.25, 0.3) is 0 Å². The minimum atomic E-state index is -1.21. The standard InChI is InChI=1S/C15H27N5O6/c1-3-8(2)13(15(25)26)20-14(24)9(4-5-10(17)21)19-12(23)7-18-11(22)6-16/h8-9,13H,3-7,16H2,1-2H3,(H2,17,21)(H,18,22)(H,19,23)(H,20,24)(H,25,26). The van der Waals surface area contributed by atoms with Gasteiger partial charge in [0, 0.05) is 6.42 Å². The van der Waals surface area contributed by atoms with Gasteiger partial charge in [0.2, 0.25) is 23.6 Å². The van der Waals surface area contributed by atoms with E-state index in [0.29, 0.717) is 6.42 Å². The summed E-state index contributed by atoms with van der Waals surface area (Å²) in [4.78, 5) is 57.6. The number of aliphatic carboxylic acids is 1. The minimum Gasteiger partial charge on any atom is -0.480 e. The molecule has 0 radical (unpaired) electrons. The molecule has 0 saturated carbocycles. The van der Waals surface area contributed by atoms with E-state index in [1.165, 1.54) is 0 Å². The predicted octanol–water partition coefficient (Wildman–Crippen LogP) is -2.57. The number of carbonyl (C=O) groups is 5. The monoisotopic (exact) mass is 373 g/mol. The maximum Gasteiger partial charge on any atom is 0.326 e. The number of rotatable bonds is 12. The summed E-state index contributed by atoms with van der Waals surface area (Å²) in [6, 6.07) is -2.31. The fraction of sp³-hybridized carbons (Fsp3) is 0.667. The molecule has 0 heterocycles. The molecule has 11 nitrogen and oxygen atoms in total. The summed E-state index contributed by atoms with van der Waals surface area (Å²) >= 11 is 0. The Bertz CT molecular complexity index is 539. The molecule has 0 aliphatic heterocycles. The molecule has 0 rings (SSSR count). The number of nitrogens with one attached hydrogen (secondary N) is 3. The van der Waals surface area contributed by atoms with Crippen molar-refractivity contribution in [2.24, 2.45) is 17.4 Å². The molecule has 4 amide bonds. The third kappa shape index (κ3) is 8.97. The molecule has 0 bridgehead atoms. The third-order valence-corrected chi connectivity index (χ3v) is 3.74. The second-order valence-corrected chi connectivity index (χ2v) is 5.82. The van der Waals surface area contributed by atoms with Gasteiger partial charge in [0.1, 0.15) is 12.1 Å². The number of carboxylic acids is 1. The molecular weight excluding hydrogens is 346 g/mol. The van der Waals surface area contributed by atoms with Crippen LogP contribution >= 0.6 is 0 Å². The zero-order valence-corrected chi connectivity index (χ0v) is 14.9. The summed E-state index contributed by atoms with van der Waals surface area (Å²) in [5, 5.41) is 16.2. The Morgan fingerprint density at radius 3 is 2.15 bits per heavy atom. The van der Waals surface area contributed by atoms with Crippen LogP contribution in [-0.4, -0.2) is 59.9 Å².